The molecule has 0 saturated carbocycles. The van der Waals surface area contributed by atoms with E-state index in [4.69, 9.17) is 4.98 Å². The third-order valence-electron chi connectivity index (χ3n) is 6.20. The van der Waals surface area contributed by atoms with Gasteiger partial charge in [0.25, 0.3) is 0 Å². The van der Waals surface area contributed by atoms with Gasteiger partial charge in [-0.1, -0.05) is 26.2 Å². The predicted molar refractivity (Wildman–Crippen MR) is 146 cm³/mol. The summed E-state index contributed by atoms with van der Waals surface area (Å²) in [6, 6.07) is 6.30. The number of rotatable bonds is 10. The highest BCUT2D eigenvalue weighted by Gasteiger charge is 2.16. The van der Waals surface area contributed by atoms with E-state index in [0.717, 1.165) is 77.9 Å². The lowest BCUT2D eigenvalue weighted by Gasteiger charge is -2.22. The third kappa shape index (κ3) is 6.20. The summed E-state index contributed by atoms with van der Waals surface area (Å²) in [7, 11) is 6.33. The Hall–Kier alpha value is -3.25. The summed E-state index contributed by atoms with van der Waals surface area (Å²) in [5, 5.41) is 6.83. The van der Waals surface area contributed by atoms with E-state index in [1.165, 1.54) is 5.70 Å². The number of hydrogen-bond acceptors (Lipinski definition) is 5. The Morgan fingerprint density at radius 1 is 1.26 bits per heavy atom. The van der Waals surface area contributed by atoms with Crippen molar-refractivity contribution in [2.75, 3.05) is 46.1 Å². The van der Waals surface area contributed by atoms with Crippen LogP contribution < -0.4 is 10.6 Å². The van der Waals surface area contributed by atoms with Gasteiger partial charge in [0.2, 0.25) is 0 Å². The van der Waals surface area contributed by atoms with Crippen LogP contribution in [0.1, 0.15) is 42.8 Å². The molecule has 0 amide bonds. The van der Waals surface area contributed by atoms with Crippen LogP contribution >= 0.6 is 0 Å². The van der Waals surface area contributed by atoms with Crippen molar-refractivity contribution in [3.63, 3.8) is 0 Å². The number of pyridine rings is 1. The van der Waals surface area contributed by atoms with E-state index >= 15 is 0 Å². The van der Waals surface area contributed by atoms with Gasteiger partial charge in [-0.2, -0.15) is 0 Å². The third-order valence-corrected chi connectivity index (χ3v) is 6.20. The summed E-state index contributed by atoms with van der Waals surface area (Å²) in [6.45, 7) is 18.7. The number of hydrogen-bond donors (Lipinski definition) is 2. The summed E-state index contributed by atoms with van der Waals surface area (Å²) in [5.74, 6) is 0.836. The number of fused-ring (bicyclic) bond motifs is 1. The first kappa shape index (κ1) is 25.4. The molecule has 2 aromatic heterocycles. The van der Waals surface area contributed by atoms with Crippen molar-refractivity contribution in [1.29, 1.82) is 0 Å². The van der Waals surface area contributed by atoms with Gasteiger partial charge >= 0.3 is 0 Å². The van der Waals surface area contributed by atoms with Gasteiger partial charge in [-0.05, 0) is 64.2 Å². The average molecular weight is 461 g/mol. The summed E-state index contributed by atoms with van der Waals surface area (Å²) >= 11 is 0. The zero-order valence-corrected chi connectivity index (χ0v) is 21.7. The molecular weight excluding hydrogens is 420 g/mol. The molecule has 0 unspecified atom stereocenters. The minimum absolute atomic E-state index is 0.836. The van der Waals surface area contributed by atoms with Crippen molar-refractivity contribution in [1.82, 2.24) is 24.7 Å². The maximum absolute atomic E-state index is 4.85. The monoisotopic (exact) mass is 460 g/mol. The summed E-state index contributed by atoms with van der Waals surface area (Å²) in [5.41, 5.74) is 8.46. The highest BCUT2D eigenvalue weighted by atomic mass is 15.2. The number of aromatic nitrogens is 2. The van der Waals surface area contributed by atoms with Gasteiger partial charge in [-0.25, -0.2) is 4.98 Å². The lowest BCUT2D eigenvalue weighted by Crippen LogP contribution is -2.27. The van der Waals surface area contributed by atoms with Gasteiger partial charge in [0.05, 0.1) is 11.4 Å². The van der Waals surface area contributed by atoms with Gasteiger partial charge in [0.1, 0.15) is 5.82 Å². The summed E-state index contributed by atoms with van der Waals surface area (Å²) in [4.78, 5) is 9.33. The molecule has 6 heteroatoms. The number of likely N-dealkylation sites (N-methyl/N-ethyl adjacent to an activating group) is 2. The fraction of sp³-hybridized carbons (Fsp3) is 0.393. The van der Waals surface area contributed by atoms with E-state index in [2.05, 4.69) is 104 Å². The molecule has 0 aliphatic carbocycles. The van der Waals surface area contributed by atoms with Crippen molar-refractivity contribution >= 4 is 17.1 Å². The zero-order valence-electron chi connectivity index (χ0n) is 21.7. The summed E-state index contributed by atoms with van der Waals surface area (Å²) < 4.78 is 2.24. The van der Waals surface area contributed by atoms with Crippen molar-refractivity contribution in [3.05, 3.63) is 83.6 Å². The smallest absolute Gasteiger partial charge is 0.130 e. The summed E-state index contributed by atoms with van der Waals surface area (Å²) in [6.07, 6.45) is 7.49. The number of nitrogens with zero attached hydrogens (tertiary/aromatic N) is 4. The Balaban J connectivity index is 1.75. The van der Waals surface area contributed by atoms with Crippen LogP contribution in [0.25, 0.3) is 11.3 Å². The quantitative estimate of drug-likeness (QED) is 0.493. The van der Waals surface area contributed by atoms with Crippen molar-refractivity contribution in [3.8, 4) is 0 Å². The molecule has 1 aliphatic heterocycles. The molecule has 182 valence electrons. The van der Waals surface area contributed by atoms with E-state index in [1.54, 1.807) is 0 Å². The molecule has 3 heterocycles. The highest BCUT2D eigenvalue weighted by Crippen LogP contribution is 2.29. The molecule has 0 bridgehead atoms. The number of nitrogens with one attached hydrogen (secondary N) is 2. The first-order valence-electron chi connectivity index (χ1n) is 12.0. The molecule has 0 fully saturated rings. The standard InChI is InChI=1S/C28H40N6/c1-9-10-25(17-20(2)33(8)16-15-32(6)7)31-28-12-11-26(22(4)30-28)21(3)24-18-27-23(5)29-13-14-34(27)19-24/h10-12,17-19,29H,3,5,9,13-16H2,1-2,4,6-8H3,(H,30,31)/b20-17+,25-10+. The Morgan fingerprint density at radius 3 is 2.68 bits per heavy atom. The molecular formula is C28H40N6. The van der Waals surface area contributed by atoms with E-state index in [1.807, 2.05) is 13.0 Å². The molecule has 0 aromatic carbocycles. The van der Waals surface area contributed by atoms with Crippen molar-refractivity contribution < 1.29 is 0 Å². The predicted octanol–water partition coefficient (Wildman–Crippen LogP) is 4.93. The highest BCUT2D eigenvalue weighted by molar-refractivity contribution is 5.81. The second kappa shape index (κ2) is 11.3. The first-order valence-corrected chi connectivity index (χ1v) is 12.0. The van der Waals surface area contributed by atoms with Gasteiger partial charge in [0, 0.05) is 67.6 Å². The second-order valence-electron chi connectivity index (χ2n) is 9.22. The lowest BCUT2D eigenvalue weighted by atomic mass is 10.0. The zero-order chi connectivity index (χ0) is 24.8. The van der Waals surface area contributed by atoms with Gasteiger partial charge < -0.3 is 25.0 Å². The van der Waals surface area contributed by atoms with E-state index < -0.39 is 0 Å². The Labute approximate surface area is 205 Å². The van der Waals surface area contributed by atoms with E-state index in [9.17, 15) is 0 Å². The van der Waals surface area contributed by atoms with Gasteiger partial charge in [0.15, 0.2) is 0 Å². The van der Waals surface area contributed by atoms with Crippen LogP contribution in [0.4, 0.5) is 5.82 Å². The molecule has 0 radical (unpaired) electrons. The van der Waals surface area contributed by atoms with Crippen LogP contribution in [-0.2, 0) is 6.54 Å². The fourth-order valence-corrected chi connectivity index (χ4v) is 4.01. The Kier molecular flexibility index (Phi) is 8.40. The van der Waals surface area contributed by atoms with E-state index in [0.29, 0.717) is 0 Å². The van der Waals surface area contributed by atoms with Gasteiger partial charge in [-0.3, -0.25) is 0 Å². The normalized spacial score (nSPS) is 14.1. The van der Waals surface area contributed by atoms with Crippen molar-refractivity contribution in [2.45, 2.75) is 33.7 Å². The van der Waals surface area contributed by atoms with E-state index in [-0.39, 0.29) is 0 Å². The van der Waals surface area contributed by atoms with Crippen LogP contribution in [0.3, 0.4) is 0 Å². The van der Waals surface area contributed by atoms with Crippen LogP contribution in [0.5, 0.6) is 0 Å². The van der Waals surface area contributed by atoms with Crippen LogP contribution in [0.2, 0.25) is 0 Å². The Bertz CT molecular complexity index is 1100. The van der Waals surface area contributed by atoms with Gasteiger partial charge in [-0.15, -0.1) is 0 Å². The molecule has 0 spiro atoms. The Morgan fingerprint density at radius 2 is 2.03 bits per heavy atom. The second-order valence-corrected chi connectivity index (χ2v) is 9.22. The minimum atomic E-state index is 0.836. The molecule has 6 nitrogen and oxygen atoms in total. The van der Waals surface area contributed by atoms with Crippen LogP contribution in [0.15, 0.2) is 61.1 Å². The van der Waals surface area contributed by atoms with Crippen LogP contribution in [-0.4, -0.2) is 60.1 Å². The maximum Gasteiger partial charge on any atom is 0.130 e. The average Bonchev–Trinajstić information content (AvgIpc) is 3.23. The number of aryl methyl sites for hydroxylation is 1. The SMILES string of the molecule is C=C(c1cc2n(c1)CCNC2=C)c1ccc(NC(=C/CC)/C=C(\C)N(C)CCN(C)C)nc1C. The number of anilines is 1. The minimum Gasteiger partial charge on any atom is -0.382 e. The molecule has 0 atom stereocenters. The molecule has 1 aliphatic rings. The molecule has 2 aromatic rings. The maximum atomic E-state index is 4.85. The first-order chi connectivity index (χ1) is 16.2. The molecule has 34 heavy (non-hydrogen) atoms. The van der Waals surface area contributed by atoms with Crippen molar-refractivity contribution in [2.24, 2.45) is 0 Å². The topological polar surface area (TPSA) is 48.4 Å². The molecule has 0 saturated heterocycles. The molecule has 3 rings (SSSR count). The van der Waals surface area contributed by atoms with Crippen LogP contribution in [0, 0.1) is 6.92 Å². The lowest BCUT2D eigenvalue weighted by molar-refractivity contribution is 0.326. The fourth-order valence-electron chi connectivity index (χ4n) is 4.01. The largest absolute Gasteiger partial charge is 0.382 e. The number of allylic oxidation sites excluding steroid dienone is 3. The molecule has 2 N–H and O–H groups in total.